The Bertz CT molecular complexity index is 949. The molecule has 0 aliphatic carbocycles. The lowest BCUT2D eigenvalue weighted by molar-refractivity contribution is -0.136. The van der Waals surface area contributed by atoms with E-state index in [0.717, 1.165) is 12.8 Å². The average molecular weight is 410 g/mol. The van der Waals surface area contributed by atoms with Crippen molar-refractivity contribution < 1.29 is 4.79 Å². The third-order valence-corrected chi connectivity index (χ3v) is 6.41. The molecule has 158 valence electrons. The number of carbonyl (C=O) groups excluding carboxylic acids is 1. The molecule has 1 fully saturated rings. The first kappa shape index (κ1) is 21.1. The fraction of sp³-hybridized carbons (Fsp3) is 0.276. The van der Waals surface area contributed by atoms with E-state index in [2.05, 4.69) is 96.8 Å². The second-order valence-electron chi connectivity index (χ2n) is 8.55. The maximum atomic E-state index is 13.7. The van der Waals surface area contributed by atoms with E-state index in [1.54, 1.807) is 0 Å². The highest BCUT2D eigenvalue weighted by atomic mass is 16.2. The van der Waals surface area contributed by atoms with E-state index in [-0.39, 0.29) is 29.8 Å². The van der Waals surface area contributed by atoms with Crippen LogP contribution in [0.3, 0.4) is 0 Å². The Hall–Kier alpha value is -3.13. The molecule has 1 aliphatic heterocycles. The van der Waals surface area contributed by atoms with Crippen molar-refractivity contribution in [1.29, 1.82) is 0 Å². The van der Waals surface area contributed by atoms with E-state index in [0.29, 0.717) is 0 Å². The number of rotatable bonds is 6. The Labute approximate surface area is 186 Å². The Morgan fingerprint density at radius 2 is 1.19 bits per heavy atom. The van der Waals surface area contributed by atoms with E-state index >= 15 is 0 Å². The number of hydrogen-bond donors (Lipinski definition) is 0. The molecular weight excluding hydrogens is 378 g/mol. The highest BCUT2D eigenvalue weighted by Gasteiger charge is 2.39. The minimum Gasteiger partial charge on any atom is -0.328 e. The van der Waals surface area contributed by atoms with Crippen LogP contribution < -0.4 is 0 Å². The maximum absolute atomic E-state index is 13.7. The van der Waals surface area contributed by atoms with Crippen LogP contribution in [0.4, 0.5) is 0 Å². The quantitative estimate of drug-likeness (QED) is 0.398. The van der Waals surface area contributed by atoms with Gasteiger partial charge in [0.2, 0.25) is 5.91 Å². The first-order valence-corrected chi connectivity index (χ1v) is 11.3. The summed E-state index contributed by atoms with van der Waals surface area (Å²) < 4.78 is 0. The Balaban J connectivity index is 1.58. The predicted molar refractivity (Wildman–Crippen MR) is 128 cm³/mol. The SMILES string of the molecule is C[C@H](/C=C\[C@@H](C)c1ccccc1)C(=O)N1[C@H](c2ccccc2)CC[C@H]1c1ccccc1. The molecule has 1 saturated heterocycles. The van der Waals surface area contributed by atoms with Crippen molar-refractivity contribution in [3.8, 4) is 0 Å². The van der Waals surface area contributed by atoms with Crippen LogP contribution in [0.1, 0.15) is 61.4 Å². The van der Waals surface area contributed by atoms with Gasteiger partial charge in [0.25, 0.3) is 0 Å². The van der Waals surface area contributed by atoms with Gasteiger partial charge in [-0.25, -0.2) is 0 Å². The monoisotopic (exact) mass is 409 g/mol. The van der Waals surface area contributed by atoms with Gasteiger partial charge in [0, 0.05) is 0 Å². The van der Waals surface area contributed by atoms with E-state index < -0.39 is 0 Å². The molecule has 0 unspecified atom stereocenters. The zero-order valence-electron chi connectivity index (χ0n) is 18.4. The summed E-state index contributed by atoms with van der Waals surface area (Å²) in [7, 11) is 0. The van der Waals surface area contributed by atoms with Crippen LogP contribution in [0, 0.1) is 5.92 Å². The van der Waals surface area contributed by atoms with Gasteiger partial charge in [-0.15, -0.1) is 0 Å². The molecule has 0 N–H and O–H groups in total. The molecule has 0 radical (unpaired) electrons. The van der Waals surface area contributed by atoms with Crippen molar-refractivity contribution in [1.82, 2.24) is 4.90 Å². The van der Waals surface area contributed by atoms with Gasteiger partial charge in [-0.2, -0.15) is 0 Å². The molecule has 31 heavy (non-hydrogen) atoms. The summed E-state index contributed by atoms with van der Waals surface area (Å²) in [6, 6.07) is 31.6. The minimum atomic E-state index is -0.165. The molecule has 1 heterocycles. The number of nitrogens with zero attached hydrogens (tertiary/aromatic N) is 1. The summed E-state index contributed by atoms with van der Waals surface area (Å²) >= 11 is 0. The summed E-state index contributed by atoms with van der Waals surface area (Å²) in [4.78, 5) is 15.9. The number of hydrogen-bond acceptors (Lipinski definition) is 1. The topological polar surface area (TPSA) is 20.3 Å². The average Bonchev–Trinajstić information content (AvgIpc) is 3.28. The van der Waals surface area contributed by atoms with Crippen molar-refractivity contribution in [3.63, 3.8) is 0 Å². The van der Waals surface area contributed by atoms with Crippen molar-refractivity contribution in [2.75, 3.05) is 0 Å². The minimum absolute atomic E-state index is 0.126. The lowest BCUT2D eigenvalue weighted by Gasteiger charge is -2.33. The van der Waals surface area contributed by atoms with Gasteiger partial charge in [0.15, 0.2) is 0 Å². The smallest absolute Gasteiger partial charge is 0.230 e. The normalized spacial score (nSPS) is 20.6. The van der Waals surface area contributed by atoms with Gasteiger partial charge in [-0.1, -0.05) is 117 Å². The van der Waals surface area contributed by atoms with Gasteiger partial charge < -0.3 is 4.90 Å². The number of amides is 1. The van der Waals surface area contributed by atoms with Crippen LogP contribution in [-0.2, 0) is 4.79 Å². The molecule has 4 rings (SSSR count). The van der Waals surface area contributed by atoms with Crippen molar-refractivity contribution >= 4 is 5.91 Å². The van der Waals surface area contributed by atoms with Crippen LogP contribution in [-0.4, -0.2) is 10.8 Å². The molecule has 0 aromatic heterocycles. The number of carbonyl (C=O) groups is 1. The summed E-state index contributed by atoms with van der Waals surface area (Å²) in [6.07, 6.45) is 6.24. The second-order valence-corrected chi connectivity index (χ2v) is 8.55. The largest absolute Gasteiger partial charge is 0.328 e. The Morgan fingerprint density at radius 3 is 1.68 bits per heavy atom. The van der Waals surface area contributed by atoms with E-state index in [1.165, 1.54) is 16.7 Å². The lowest BCUT2D eigenvalue weighted by atomic mass is 9.97. The first-order valence-electron chi connectivity index (χ1n) is 11.3. The summed E-state index contributed by atoms with van der Waals surface area (Å²) in [5.74, 6) is 0.322. The van der Waals surface area contributed by atoms with Gasteiger partial charge in [-0.05, 0) is 35.4 Å². The van der Waals surface area contributed by atoms with Gasteiger partial charge in [0.05, 0.1) is 18.0 Å². The molecular formula is C29H31NO. The third-order valence-electron chi connectivity index (χ3n) is 6.41. The highest BCUT2D eigenvalue weighted by molar-refractivity contribution is 5.81. The first-order chi connectivity index (χ1) is 15.1. The van der Waals surface area contributed by atoms with Gasteiger partial charge in [0.1, 0.15) is 0 Å². The fourth-order valence-electron chi connectivity index (χ4n) is 4.64. The van der Waals surface area contributed by atoms with Gasteiger partial charge in [-0.3, -0.25) is 4.79 Å². The number of benzene rings is 3. The molecule has 4 atom stereocenters. The summed E-state index contributed by atoms with van der Waals surface area (Å²) in [5, 5.41) is 0. The highest BCUT2D eigenvalue weighted by Crippen LogP contribution is 2.44. The lowest BCUT2D eigenvalue weighted by Crippen LogP contribution is -2.36. The molecule has 1 amide bonds. The molecule has 1 aliphatic rings. The van der Waals surface area contributed by atoms with Crippen LogP contribution in [0.5, 0.6) is 0 Å². The maximum Gasteiger partial charge on any atom is 0.230 e. The van der Waals surface area contributed by atoms with Crippen LogP contribution in [0.25, 0.3) is 0 Å². The van der Waals surface area contributed by atoms with Crippen molar-refractivity contribution in [2.24, 2.45) is 5.92 Å². The molecule has 2 nitrogen and oxygen atoms in total. The molecule has 2 heteroatoms. The Kier molecular flexibility index (Phi) is 6.66. The molecule has 3 aromatic rings. The van der Waals surface area contributed by atoms with E-state index in [4.69, 9.17) is 0 Å². The zero-order chi connectivity index (χ0) is 21.6. The van der Waals surface area contributed by atoms with Crippen LogP contribution in [0.15, 0.2) is 103 Å². The molecule has 0 spiro atoms. The van der Waals surface area contributed by atoms with Crippen molar-refractivity contribution in [3.05, 3.63) is 120 Å². The van der Waals surface area contributed by atoms with Crippen molar-refractivity contribution in [2.45, 2.75) is 44.7 Å². The number of allylic oxidation sites excluding steroid dienone is 1. The van der Waals surface area contributed by atoms with Crippen LogP contribution >= 0.6 is 0 Å². The standard InChI is InChI=1S/C29H31NO/c1-22(24-12-6-3-7-13-24)18-19-23(2)29(31)30-27(25-14-8-4-9-15-25)20-21-28(30)26-16-10-5-11-17-26/h3-19,22-23,27-28H,20-21H2,1-2H3/b19-18-/t22-,23-,27+,28+/m1/s1. The summed E-state index contributed by atoms with van der Waals surface area (Å²) in [5.41, 5.74) is 3.72. The third kappa shape index (κ3) is 4.80. The number of likely N-dealkylation sites (tertiary alicyclic amines) is 1. The van der Waals surface area contributed by atoms with Crippen LogP contribution in [0.2, 0.25) is 0 Å². The van der Waals surface area contributed by atoms with E-state index in [1.807, 2.05) is 25.1 Å². The fourth-order valence-corrected chi connectivity index (χ4v) is 4.64. The zero-order valence-corrected chi connectivity index (χ0v) is 18.4. The predicted octanol–water partition coefficient (Wildman–Crippen LogP) is 7.09. The van der Waals surface area contributed by atoms with Gasteiger partial charge >= 0.3 is 0 Å². The molecule has 3 aromatic carbocycles. The van der Waals surface area contributed by atoms with E-state index in [9.17, 15) is 4.79 Å². The second kappa shape index (κ2) is 9.78. The summed E-state index contributed by atoms with van der Waals surface area (Å²) in [6.45, 7) is 4.21. The molecule has 0 saturated carbocycles. The Morgan fingerprint density at radius 1 is 0.742 bits per heavy atom. The molecule has 0 bridgehead atoms.